The van der Waals surface area contributed by atoms with Gasteiger partial charge in [-0.3, -0.25) is 4.79 Å². The van der Waals surface area contributed by atoms with Crippen LogP contribution in [-0.2, 0) is 24.2 Å². The minimum absolute atomic E-state index is 0.219. The first-order valence-electron chi connectivity index (χ1n) is 9.18. The van der Waals surface area contributed by atoms with Crippen LogP contribution in [0, 0.1) is 0 Å². The first-order valence-corrected chi connectivity index (χ1v) is 9.18. The van der Waals surface area contributed by atoms with Crippen molar-refractivity contribution in [2.75, 3.05) is 0 Å². The van der Waals surface area contributed by atoms with Gasteiger partial charge in [0.2, 0.25) is 0 Å². The number of aliphatic carboxylic acids is 1. The lowest BCUT2D eigenvalue weighted by Crippen LogP contribution is -2.11. The van der Waals surface area contributed by atoms with Gasteiger partial charge in [-0.15, -0.1) is 0 Å². The Morgan fingerprint density at radius 1 is 0.625 bits per heavy atom. The van der Waals surface area contributed by atoms with Crippen molar-refractivity contribution in [3.05, 3.63) is 0 Å². The van der Waals surface area contributed by atoms with Gasteiger partial charge in [-0.25, -0.2) is 19.4 Å². The summed E-state index contributed by atoms with van der Waals surface area (Å²) >= 11 is 0. The zero-order valence-electron chi connectivity index (χ0n) is 14.9. The summed E-state index contributed by atoms with van der Waals surface area (Å²) in [5.74, 6) is -1.76. The molecule has 0 aliphatic heterocycles. The summed E-state index contributed by atoms with van der Waals surface area (Å²) < 4.78 is 0. The monoisotopic (exact) mass is 344 g/mol. The first kappa shape index (κ1) is 22.4. The number of hydrogen-bond acceptors (Lipinski definition) is 5. The van der Waals surface area contributed by atoms with Gasteiger partial charge in [-0.05, 0) is 19.3 Å². The summed E-state index contributed by atoms with van der Waals surface area (Å²) in [4.78, 5) is 42.1. The van der Waals surface area contributed by atoms with E-state index < -0.39 is 17.9 Å². The summed E-state index contributed by atoms with van der Waals surface area (Å²) in [6, 6.07) is 0. The zero-order valence-corrected chi connectivity index (χ0v) is 14.9. The van der Waals surface area contributed by atoms with Gasteiger partial charge in [0.1, 0.15) is 0 Å². The molecule has 0 amide bonds. The summed E-state index contributed by atoms with van der Waals surface area (Å²) in [5, 5.41) is 8.50. The summed E-state index contributed by atoms with van der Waals surface area (Å²) in [6.45, 7) is 2.13. The van der Waals surface area contributed by atoms with Crippen molar-refractivity contribution in [1.29, 1.82) is 0 Å². The molecule has 1 N–H and O–H groups in total. The average Bonchev–Trinajstić information content (AvgIpc) is 2.55. The molecule has 0 aliphatic carbocycles. The minimum Gasteiger partial charge on any atom is -0.481 e. The topological polar surface area (TPSA) is 89.9 Å². The molecule has 0 aromatic carbocycles. The van der Waals surface area contributed by atoms with Gasteiger partial charge >= 0.3 is 17.9 Å². The van der Waals surface area contributed by atoms with Crippen LogP contribution in [0.25, 0.3) is 0 Å². The molecule has 0 heterocycles. The Kier molecular flexibility index (Phi) is 15.2. The fourth-order valence-electron chi connectivity index (χ4n) is 2.30. The quantitative estimate of drug-likeness (QED) is 0.266. The molecule has 0 atom stereocenters. The number of carboxylic acid groups (broad SMARTS) is 1. The maximum absolute atomic E-state index is 11.4. The molecule has 0 aliphatic rings. The van der Waals surface area contributed by atoms with Crippen molar-refractivity contribution in [2.24, 2.45) is 0 Å². The van der Waals surface area contributed by atoms with Crippen LogP contribution in [0.1, 0.15) is 96.8 Å². The molecule has 0 rings (SSSR count). The largest absolute Gasteiger partial charge is 0.481 e. The maximum Gasteiger partial charge on any atom is 0.355 e. The van der Waals surface area contributed by atoms with Crippen molar-refractivity contribution in [3.63, 3.8) is 0 Å². The van der Waals surface area contributed by atoms with E-state index in [1.807, 2.05) is 0 Å². The molecule has 0 saturated carbocycles. The molecule has 0 spiro atoms. The Bertz CT molecular complexity index is 353. The van der Waals surface area contributed by atoms with Crippen LogP contribution >= 0.6 is 0 Å². The highest BCUT2D eigenvalue weighted by atomic mass is 17.2. The molecular weight excluding hydrogens is 312 g/mol. The van der Waals surface area contributed by atoms with Crippen LogP contribution in [0.5, 0.6) is 0 Å². The molecule has 6 nitrogen and oxygen atoms in total. The average molecular weight is 344 g/mol. The van der Waals surface area contributed by atoms with Gasteiger partial charge < -0.3 is 5.11 Å². The van der Waals surface area contributed by atoms with Crippen LogP contribution in [0.15, 0.2) is 0 Å². The minimum atomic E-state index is -0.756. The van der Waals surface area contributed by atoms with Crippen LogP contribution in [0.2, 0.25) is 0 Å². The second-order valence-electron chi connectivity index (χ2n) is 6.09. The zero-order chi connectivity index (χ0) is 18.0. The summed E-state index contributed by atoms with van der Waals surface area (Å²) in [6.07, 6.45) is 11.0. The third-order valence-electron chi connectivity index (χ3n) is 3.73. The van der Waals surface area contributed by atoms with Gasteiger partial charge in [-0.1, -0.05) is 58.3 Å². The lowest BCUT2D eigenvalue weighted by atomic mass is 10.1. The second-order valence-corrected chi connectivity index (χ2v) is 6.09. The molecular formula is C18H32O6. The number of hydrogen-bond donors (Lipinski definition) is 1. The van der Waals surface area contributed by atoms with Crippen molar-refractivity contribution >= 4 is 17.9 Å². The van der Waals surface area contributed by atoms with E-state index in [1.165, 1.54) is 6.42 Å². The Hall–Kier alpha value is -1.59. The molecule has 6 heteroatoms. The smallest absolute Gasteiger partial charge is 0.355 e. The summed E-state index contributed by atoms with van der Waals surface area (Å²) in [7, 11) is 0. The predicted octanol–water partition coefficient (Wildman–Crippen LogP) is 4.55. The molecule has 0 fully saturated rings. The fraction of sp³-hybridized carbons (Fsp3) is 0.833. The number of rotatable bonds is 15. The van der Waals surface area contributed by atoms with Crippen molar-refractivity contribution < 1.29 is 29.3 Å². The van der Waals surface area contributed by atoms with Gasteiger partial charge in [-0.2, -0.15) is 0 Å². The van der Waals surface area contributed by atoms with E-state index in [0.29, 0.717) is 12.8 Å². The standard InChI is InChI=1S/C18H32O6/c1-2-3-4-7-11-14-17(21)23-24-18(22)15-12-9-6-5-8-10-13-16(19)20/h2-15H2,1H3,(H,19,20). The van der Waals surface area contributed by atoms with Gasteiger partial charge in [0.05, 0.1) is 12.8 Å². The molecule has 0 radical (unpaired) electrons. The van der Waals surface area contributed by atoms with Gasteiger partial charge in [0.15, 0.2) is 0 Å². The first-order chi connectivity index (χ1) is 11.6. The van der Waals surface area contributed by atoms with E-state index in [1.54, 1.807) is 0 Å². The Labute approximate surface area is 144 Å². The Morgan fingerprint density at radius 2 is 1.00 bits per heavy atom. The van der Waals surface area contributed by atoms with Crippen LogP contribution in [0.3, 0.4) is 0 Å². The van der Waals surface area contributed by atoms with E-state index in [2.05, 4.69) is 16.7 Å². The van der Waals surface area contributed by atoms with Crippen molar-refractivity contribution in [3.8, 4) is 0 Å². The fourth-order valence-corrected chi connectivity index (χ4v) is 2.30. The van der Waals surface area contributed by atoms with Gasteiger partial charge in [0.25, 0.3) is 0 Å². The van der Waals surface area contributed by atoms with E-state index >= 15 is 0 Å². The molecule has 24 heavy (non-hydrogen) atoms. The van der Waals surface area contributed by atoms with Crippen molar-refractivity contribution in [2.45, 2.75) is 96.8 Å². The van der Waals surface area contributed by atoms with Crippen molar-refractivity contribution in [1.82, 2.24) is 0 Å². The lowest BCUT2D eigenvalue weighted by molar-refractivity contribution is -0.259. The van der Waals surface area contributed by atoms with E-state index in [0.717, 1.165) is 51.4 Å². The number of unbranched alkanes of at least 4 members (excludes halogenated alkanes) is 9. The van der Waals surface area contributed by atoms with Crippen LogP contribution < -0.4 is 0 Å². The molecule has 140 valence electrons. The molecule has 0 unspecified atom stereocenters. The SMILES string of the molecule is CCCCCCCC(=O)OOC(=O)CCCCCCCCC(=O)O. The number of carboxylic acids is 1. The highest BCUT2D eigenvalue weighted by molar-refractivity contribution is 5.72. The van der Waals surface area contributed by atoms with E-state index in [-0.39, 0.29) is 19.3 Å². The highest BCUT2D eigenvalue weighted by Crippen LogP contribution is 2.10. The number of carbonyl (C=O) groups is 3. The van der Waals surface area contributed by atoms with Crippen LogP contribution in [-0.4, -0.2) is 23.0 Å². The molecule has 0 saturated heterocycles. The van der Waals surface area contributed by atoms with Crippen LogP contribution in [0.4, 0.5) is 0 Å². The summed E-state index contributed by atoms with van der Waals surface area (Å²) in [5.41, 5.74) is 0. The second kappa shape index (κ2) is 16.3. The predicted molar refractivity (Wildman–Crippen MR) is 90.1 cm³/mol. The third-order valence-corrected chi connectivity index (χ3v) is 3.73. The third kappa shape index (κ3) is 16.8. The lowest BCUT2D eigenvalue weighted by Gasteiger charge is -2.04. The van der Waals surface area contributed by atoms with Gasteiger partial charge in [0, 0.05) is 6.42 Å². The Balaban J connectivity index is 3.37. The maximum atomic E-state index is 11.4. The molecule has 0 aromatic heterocycles. The number of carbonyl (C=O) groups excluding carboxylic acids is 2. The normalized spacial score (nSPS) is 10.4. The highest BCUT2D eigenvalue weighted by Gasteiger charge is 2.09. The molecule has 0 bridgehead atoms. The van der Waals surface area contributed by atoms with E-state index in [4.69, 9.17) is 5.11 Å². The van der Waals surface area contributed by atoms with E-state index in [9.17, 15) is 14.4 Å². The Morgan fingerprint density at radius 3 is 1.42 bits per heavy atom. The molecule has 0 aromatic rings.